The summed E-state index contributed by atoms with van der Waals surface area (Å²) in [5, 5.41) is 9.22. The second-order valence-electron chi connectivity index (χ2n) is 3.72. The molecule has 0 saturated carbocycles. The Bertz CT molecular complexity index is 334. The van der Waals surface area contributed by atoms with E-state index >= 15 is 0 Å². The molecule has 4 heteroatoms. The zero-order valence-electron chi connectivity index (χ0n) is 8.27. The molecule has 0 radical (unpaired) electrons. The number of nitrogens with zero attached hydrogens (tertiary/aromatic N) is 2. The van der Waals surface area contributed by atoms with E-state index in [1.54, 1.807) is 0 Å². The van der Waals surface area contributed by atoms with E-state index in [2.05, 4.69) is 9.88 Å². The van der Waals surface area contributed by atoms with Gasteiger partial charge in [0.15, 0.2) is 0 Å². The van der Waals surface area contributed by atoms with Crippen molar-refractivity contribution in [3.05, 3.63) is 23.5 Å². The van der Waals surface area contributed by atoms with Gasteiger partial charge in [-0.3, -0.25) is 4.98 Å². The number of aromatic nitrogens is 1. The number of anilines is 1. The molecular weight excluding hydrogens is 178 g/mol. The van der Waals surface area contributed by atoms with Crippen LogP contribution in [0.4, 0.5) is 5.69 Å². The first kappa shape index (κ1) is 9.43. The number of aryl methyl sites for hydroxylation is 1. The van der Waals surface area contributed by atoms with Gasteiger partial charge in [0.1, 0.15) is 0 Å². The lowest BCUT2D eigenvalue weighted by Crippen LogP contribution is -2.51. The zero-order chi connectivity index (χ0) is 10.1. The minimum atomic E-state index is -0.186. The highest BCUT2D eigenvalue weighted by molar-refractivity contribution is 5.55. The highest BCUT2D eigenvalue weighted by Gasteiger charge is 2.26. The summed E-state index contributed by atoms with van der Waals surface area (Å²) in [5.41, 5.74) is 8.77. The van der Waals surface area contributed by atoms with Gasteiger partial charge in [-0.1, -0.05) is 0 Å². The average molecular weight is 193 g/mol. The Labute approximate surface area is 83.4 Å². The molecule has 0 atom stereocenters. The van der Waals surface area contributed by atoms with Crippen molar-refractivity contribution in [2.24, 2.45) is 5.73 Å². The maximum Gasteiger partial charge on any atom is 0.0889 e. The van der Waals surface area contributed by atoms with E-state index < -0.39 is 0 Å². The van der Waals surface area contributed by atoms with Crippen LogP contribution in [0.25, 0.3) is 0 Å². The van der Waals surface area contributed by atoms with Gasteiger partial charge in [-0.05, 0) is 13.0 Å². The van der Waals surface area contributed by atoms with Crippen molar-refractivity contribution < 1.29 is 5.11 Å². The SMILES string of the molecule is Cc1cc(N2CC(O)C2)c(CN)cn1. The van der Waals surface area contributed by atoms with E-state index in [0.29, 0.717) is 19.6 Å². The van der Waals surface area contributed by atoms with Crippen LogP contribution < -0.4 is 10.6 Å². The fourth-order valence-corrected chi connectivity index (χ4v) is 1.68. The highest BCUT2D eigenvalue weighted by Crippen LogP contribution is 2.25. The topological polar surface area (TPSA) is 62.4 Å². The molecule has 0 aromatic carbocycles. The Hall–Kier alpha value is -1.13. The van der Waals surface area contributed by atoms with E-state index in [0.717, 1.165) is 16.9 Å². The van der Waals surface area contributed by atoms with Crippen LogP contribution in [0.15, 0.2) is 12.3 Å². The van der Waals surface area contributed by atoms with Crippen molar-refractivity contribution in [1.82, 2.24) is 4.98 Å². The number of hydrogen-bond acceptors (Lipinski definition) is 4. The first-order chi connectivity index (χ1) is 6.70. The van der Waals surface area contributed by atoms with Gasteiger partial charge >= 0.3 is 0 Å². The summed E-state index contributed by atoms with van der Waals surface area (Å²) in [6.07, 6.45) is 1.63. The van der Waals surface area contributed by atoms with Gasteiger partial charge in [-0.25, -0.2) is 0 Å². The third-order valence-corrected chi connectivity index (χ3v) is 2.52. The summed E-state index contributed by atoms with van der Waals surface area (Å²) in [5.74, 6) is 0. The molecule has 2 heterocycles. The second-order valence-corrected chi connectivity index (χ2v) is 3.72. The maximum absolute atomic E-state index is 9.22. The van der Waals surface area contributed by atoms with Gasteiger partial charge < -0.3 is 15.7 Å². The van der Waals surface area contributed by atoms with Gasteiger partial charge in [-0.15, -0.1) is 0 Å². The zero-order valence-corrected chi connectivity index (χ0v) is 8.27. The summed E-state index contributed by atoms with van der Waals surface area (Å²) < 4.78 is 0. The van der Waals surface area contributed by atoms with E-state index in [1.807, 2.05) is 19.2 Å². The van der Waals surface area contributed by atoms with Crippen LogP contribution in [0, 0.1) is 6.92 Å². The minimum absolute atomic E-state index is 0.186. The molecule has 3 N–H and O–H groups in total. The summed E-state index contributed by atoms with van der Waals surface area (Å²) in [6, 6.07) is 2.02. The van der Waals surface area contributed by atoms with Crippen molar-refractivity contribution >= 4 is 5.69 Å². The summed E-state index contributed by atoms with van der Waals surface area (Å²) >= 11 is 0. The van der Waals surface area contributed by atoms with Crippen LogP contribution in [0.1, 0.15) is 11.3 Å². The smallest absolute Gasteiger partial charge is 0.0889 e. The van der Waals surface area contributed by atoms with Crippen LogP contribution in [0.3, 0.4) is 0 Å². The molecule has 1 aliphatic rings. The average Bonchev–Trinajstić information content (AvgIpc) is 2.13. The standard InChI is InChI=1S/C10H15N3O/c1-7-2-10(8(3-11)4-12-7)13-5-9(14)6-13/h2,4,9,14H,3,5-6,11H2,1H3. The van der Waals surface area contributed by atoms with Crippen LogP contribution in [-0.4, -0.2) is 29.3 Å². The quantitative estimate of drug-likeness (QED) is 0.695. The molecule has 4 nitrogen and oxygen atoms in total. The minimum Gasteiger partial charge on any atom is -0.389 e. The lowest BCUT2D eigenvalue weighted by molar-refractivity contribution is 0.141. The fourth-order valence-electron chi connectivity index (χ4n) is 1.68. The summed E-state index contributed by atoms with van der Waals surface area (Å²) in [7, 11) is 0. The maximum atomic E-state index is 9.22. The predicted octanol–water partition coefficient (Wildman–Crippen LogP) is 0.0296. The van der Waals surface area contributed by atoms with Crippen molar-refractivity contribution in [3.8, 4) is 0 Å². The molecule has 1 aromatic rings. The molecule has 0 bridgehead atoms. The first-order valence-corrected chi connectivity index (χ1v) is 4.79. The molecule has 0 spiro atoms. The normalized spacial score (nSPS) is 16.9. The van der Waals surface area contributed by atoms with Crippen LogP contribution in [0.2, 0.25) is 0 Å². The Balaban J connectivity index is 2.26. The Morgan fingerprint density at radius 1 is 1.64 bits per heavy atom. The van der Waals surface area contributed by atoms with Gasteiger partial charge in [0.2, 0.25) is 0 Å². The monoisotopic (exact) mass is 193 g/mol. The third kappa shape index (κ3) is 1.58. The van der Waals surface area contributed by atoms with Crippen molar-refractivity contribution in [2.45, 2.75) is 19.6 Å². The van der Waals surface area contributed by atoms with E-state index in [4.69, 9.17) is 5.73 Å². The first-order valence-electron chi connectivity index (χ1n) is 4.79. The molecule has 76 valence electrons. The number of rotatable bonds is 2. The predicted molar refractivity (Wildman–Crippen MR) is 55.1 cm³/mol. The largest absolute Gasteiger partial charge is 0.389 e. The molecule has 1 saturated heterocycles. The number of β-amino-alcohol motifs (C(OH)–C–C–N with tert-alkyl or cyclic N) is 1. The van der Waals surface area contributed by atoms with Gasteiger partial charge in [0.25, 0.3) is 0 Å². The van der Waals surface area contributed by atoms with Crippen molar-refractivity contribution in [3.63, 3.8) is 0 Å². The van der Waals surface area contributed by atoms with Crippen molar-refractivity contribution in [1.29, 1.82) is 0 Å². The second kappa shape index (κ2) is 3.55. The van der Waals surface area contributed by atoms with Gasteiger partial charge in [-0.2, -0.15) is 0 Å². The van der Waals surface area contributed by atoms with Crippen LogP contribution in [0.5, 0.6) is 0 Å². The van der Waals surface area contributed by atoms with E-state index in [9.17, 15) is 5.11 Å². The Morgan fingerprint density at radius 2 is 2.36 bits per heavy atom. The molecule has 1 fully saturated rings. The number of hydrogen-bond donors (Lipinski definition) is 2. The number of aliphatic hydroxyl groups is 1. The van der Waals surface area contributed by atoms with Crippen molar-refractivity contribution in [2.75, 3.05) is 18.0 Å². The number of pyridine rings is 1. The molecule has 0 amide bonds. The molecule has 1 aliphatic heterocycles. The van der Waals surface area contributed by atoms with E-state index in [-0.39, 0.29) is 6.10 Å². The van der Waals surface area contributed by atoms with Crippen LogP contribution >= 0.6 is 0 Å². The molecular formula is C10H15N3O. The van der Waals surface area contributed by atoms with Gasteiger partial charge in [0.05, 0.1) is 6.10 Å². The Morgan fingerprint density at radius 3 is 2.93 bits per heavy atom. The molecule has 14 heavy (non-hydrogen) atoms. The lowest BCUT2D eigenvalue weighted by Gasteiger charge is -2.39. The lowest BCUT2D eigenvalue weighted by atomic mass is 10.1. The molecule has 1 aromatic heterocycles. The number of nitrogens with two attached hydrogens (primary N) is 1. The van der Waals surface area contributed by atoms with Gasteiger partial charge in [0, 0.05) is 42.8 Å². The molecule has 2 rings (SSSR count). The summed E-state index contributed by atoms with van der Waals surface area (Å²) in [6.45, 7) is 3.86. The molecule has 0 unspecified atom stereocenters. The highest BCUT2D eigenvalue weighted by atomic mass is 16.3. The molecule has 0 aliphatic carbocycles. The summed E-state index contributed by atoms with van der Waals surface area (Å²) in [4.78, 5) is 6.33. The number of aliphatic hydroxyl groups excluding tert-OH is 1. The third-order valence-electron chi connectivity index (χ3n) is 2.52. The Kier molecular flexibility index (Phi) is 2.39. The fraction of sp³-hybridized carbons (Fsp3) is 0.500. The van der Waals surface area contributed by atoms with Crippen LogP contribution in [-0.2, 0) is 6.54 Å². The van der Waals surface area contributed by atoms with E-state index in [1.165, 1.54) is 0 Å².